The fourth-order valence-electron chi connectivity index (χ4n) is 3.34. The first kappa shape index (κ1) is 25.9. The largest absolute Gasteiger partial charge is 0.488 e. The molecule has 1 aromatic carbocycles. The van der Waals surface area contributed by atoms with Gasteiger partial charge in [-0.1, -0.05) is 6.92 Å². The molecule has 0 saturated heterocycles. The number of rotatable bonds is 7. The first-order chi connectivity index (χ1) is 14.8. The molecule has 0 aromatic heterocycles. The predicted octanol–water partition coefficient (Wildman–Crippen LogP) is 1.33. The molecule has 10 nitrogen and oxygen atoms in total. The molecule has 0 radical (unpaired) electrons. The Kier molecular flexibility index (Phi) is 8.49. The van der Waals surface area contributed by atoms with Crippen molar-refractivity contribution < 1.29 is 27.9 Å². The number of carbonyl (C=O) groups is 2. The Balaban J connectivity index is 2.44. The molecule has 0 saturated carbocycles. The molecule has 0 spiro atoms. The highest BCUT2D eigenvalue weighted by Gasteiger charge is 2.34. The van der Waals surface area contributed by atoms with E-state index in [0.29, 0.717) is 11.4 Å². The molecule has 0 unspecified atom stereocenters. The second-order valence-corrected chi connectivity index (χ2v) is 10.7. The summed E-state index contributed by atoms with van der Waals surface area (Å²) in [5, 5.41) is 15.1. The normalized spacial score (nSPS) is 20.3. The van der Waals surface area contributed by atoms with Crippen molar-refractivity contribution in [1.82, 2.24) is 14.5 Å². The monoisotopic (exact) mass is 470 g/mol. The number of aliphatic hydroxyl groups is 1. The molecule has 11 heteroatoms. The quantitative estimate of drug-likeness (QED) is 0.552. The zero-order valence-corrected chi connectivity index (χ0v) is 20.3. The van der Waals surface area contributed by atoms with E-state index < -0.39 is 28.2 Å². The molecule has 2 rings (SSSR count). The third kappa shape index (κ3) is 6.57. The predicted molar refractivity (Wildman–Crippen MR) is 122 cm³/mol. The summed E-state index contributed by atoms with van der Waals surface area (Å²) in [6.45, 7) is 7.43. The Morgan fingerprint density at radius 3 is 2.56 bits per heavy atom. The minimum Gasteiger partial charge on any atom is -0.488 e. The van der Waals surface area contributed by atoms with Gasteiger partial charge in [0.25, 0.3) is 5.91 Å². The summed E-state index contributed by atoms with van der Waals surface area (Å²) >= 11 is 0. The van der Waals surface area contributed by atoms with Crippen LogP contribution in [0.5, 0.6) is 5.75 Å². The summed E-state index contributed by atoms with van der Waals surface area (Å²) in [4.78, 5) is 27.0. The minimum absolute atomic E-state index is 0.0562. The van der Waals surface area contributed by atoms with Crippen LogP contribution < -0.4 is 15.4 Å². The fourth-order valence-corrected chi connectivity index (χ4v) is 3.75. The average Bonchev–Trinajstić information content (AvgIpc) is 2.69. The summed E-state index contributed by atoms with van der Waals surface area (Å²) in [6.07, 6.45) is 0.594. The lowest BCUT2D eigenvalue weighted by Crippen LogP contribution is -2.50. The van der Waals surface area contributed by atoms with Crippen molar-refractivity contribution >= 4 is 27.6 Å². The van der Waals surface area contributed by atoms with Crippen LogP contribution in [0.4, 0.5) is 10.5 Å². The maximum Gasteiger partial charge on any atom is 0.319 e. The van der Waals surface area contributed by atoms with Gasteiger partial charge in [-0.2, -0.15) is 0 Å². The van der Waals surface area contributed by atoms with E-state index in [0.717, 1.165) is 6.26 Å². The third-order valence-electron chi connectivity index (χ3n) is 5.35. The molecule has 0 fully saturated rings. The van der Waals surface area contributed by atoms with Crippen molar-refractivity contribution in [1.29, 1.82) is 0 Å². The number of hydrogen-bond donors (Lipinski definition) is 3. The second kappa shape index (κ2) is 10.5. The van der Waals surface area contributed by atoms with Crippen molar-refractivity contribution in [3.05, 3.63) is 23.8 Å². The highest BCUT2D eigenvalue weighted by Crippen LogP contribution is 2.30. The standard InChI is InChI=1S/C21H34N4O6S/c1-13(2)22-21(28)23-16-7-8-18-17(9-16)20(27)25(15(4)12-26)10-14(3)19(31-18)11-24(5)32(6,29)30/h7-9,13-15,19,26H,10-12H2,1-6H3,(H2,22,23,28)/t14-,15+,19+/m0/s1. The number of urea groups is 1. The number of benzene rings is 1. The Morgan fingerprint density at radius 1 is 1.34 bits per heavy atom. The summed E-state index contributed by atoms with van der Waals surface area (Å²) < 4.78 is 31.2. The SMILES string of the molecule is CC(C)NC(=O)Nc1ccc2c(c1)C(=O)N([C@H](C)CO)C[C@H](C)[C@@H](CN(C)S(C)(=O)=O)O2. The summed E-state index contributed by atoms with van der Waals surface area (Å²) in [5.74, 6) is -0.255. The van der Waals surface area contributed by atoms with E-state index >= 15 is 0 Å². The van der Waals surface area contributed by atoms with Crippen molar-refractivity contribution in [2.24, 2.45) is 5.92 Å². The Labute approximate surface area is 190 Å². The van der Waals surface area contributed by atoms with Gasteiger partial charge in [0.2, 0.25) is 10.0 Å². The van der Waals surface area contributed by atoms with Gasteiger partial charge in [-0.3, -0.25) is 4.79 Å². The topological polar surface area (TPSA) is 128 Å². The van der Waals surface area contributed by atoms with Crippen LogP contribution in [0.1, 0.15) is 38.1 Å². The van der Waals surface area contributed by atoms with E-state index in [2.05, 4.69) is 10.6 Å². The zero-order chi connectivity index (χ0) is 24.2. The highest BCUT2D eigenvalue weighted by molar-refractivity contribution is 7.88. The van der Waals surface area contributed by atoms with E-state index in [-0.39, 0.29) is 43.1 Å². The number of aliphatic hydroxyl groups excluding tert-OH is 1. The molecule has 3 atom stereocenters. The number of ether oxygens (including phenoxy) is 1. The Hall–Kier alpha value is -2.37. The number of amides is 3. The van der Waals surface area contributed by atoms with E-state index in [1.54, 1.807) is 24.0 Å². The van der Waals surface area contributed by atoms with Gasteiger partial charge in [-0.25, -0.2) is 17.5 Å². The van der Waals surface area contributed by atoms with Crippen molar-refractivity contribution in [3.8, 4) is 5.75 Å². The van der Waals surface area contributed by atoms with Crippen molar-refractivity contribution in [2.75, 3.05) is 38.3 Å². The molecule has 3 amide bonds. The third-order valence-corrected chi connectivity index (χ3v) is 6.63. The lowest BCUT2D eigenvalue weighted by atomic mass is 9.99. The molecule has 32 heavy (non-hydrogen) atoms. The van der Waals surface area contributed by atoms with Crippen molar-refractivity contribution in [2.45, 2.75) is 45.9 Å². The lowest BCUT2D eigenvalue weighted by molar-refractivity contribution is 0.0387. The number of sulfonamides is 1. The van der Waals surface area contributed by atoms with Crippen LogP contribution in [-0.2, 0) is 10.0 Å². The number of carbonyl (C=O) groups excluding carboxylic acids is 2. The van der Waals surface area contributed by atoms with Crippen molar-refractivity contribution in [3.63, 3.8) is 0 Å². The lowest BCUT2D eigenvalue weighted by Gasteiger charge is -2.38. The molecular formula is C21H34N4O6S. The highest BCUT2D eigenvalue weighted by atomic mass is 32.2. The summed E-state index contributed by atoms with van der Waals surface area (Å²) in [5.41, 5.74) is 0.639. The average molecular weight is 471 g/mol. The molecule has 1 heterocycles. The first-order valence-electron chi connectivity index (χ1n) is 10.5. The minimum atomic E-state index is -3.42. The maximum absolute atomic E-state index is 13.3. The van der Waals surface area contributed by atoms with Gasteiger partial charge in [0.15, 0.2) is 0 Å². The number of fused-ring (bicyclic) bond motifs is 1. The Bertz CT molecular complexity index is 936. The fraction of sp³-hybridized carbons (Fsp3) is 0.619. The Morgan fingerprint density at radius 2 is 2.00 bits per heavy atom. The summed E-state index contributed by atoms with van der Waals surface area (Å²) in [7, 11) is -1.94. The van der Waals surface area contributed by atoms with Gasteiger partial charge in [0.1, 0.15) is 11.9 Å². The molecule has 1 aliphatic rings. The van der Waals surface area contributed by atoms with E-state index in [1.807, 2.05) is 20.8 Å². The number of nitrogens with zero attached hydrogens (tertiary/aromatic N) is 2. The molecule has 0 aliphatic carbocycles. The zero-order valence-electron chi connectivity index (χ0n) is 19.5. The molecular weight excluding hydrogens is 436 g/mol. The number of anilines is 1. The molecule has 3 N–H and O–H groups in total. The van der Waals surface area contributed by atoms with Crippen LogP contribution in [0.25, 0.3) is 0 Å². The van der Waals surface area contributed by atoms with Crippen LogP contribution >= 0.6 is 0 Å². The number of hydrogen-bond acceptors (Lipinski definition) is 6. The van der Waals surface area contributed by atoms with Gasteiger partial charge < -0.3 is 25.4 Å². The van der Waals surface area contributed by atoms with E-state index in [9.17, 15) is 23.1 Å². The van der Waals surface area contributed by atoms with Crippen LogP contribution in [0.2, 0.25) is 0 Å². The van der Waals surface area contributed by atoms with Crippen LogP contribution in [-0.4, -0.2) is 85.9 Å². The number of nitrogens with one attached hydrogen (secondary N) is 2. The maximum atomic E-state index is 13.3. The second-order valence-electron chi connectivity index (χ2n) is 8.63. The summed E-state index contributed by atoms with van der Waals surface area (Å²) in [6, 6.07) is 3.83. The number of likely N-dealkylation sites (N-methyl/N-ethyl adjacent to an activating group) is 1. The van der Waals surface area contributed by atoms with E-state index in [4.69, 9.17) is 4.74 Å². The van der Waals surface area contributed by atoms with Gasteiger partial charge >= 0.3 is 6.03 Å². The van der Waals surface area contributed by atoms with Crippen LogP contribution in [0.3, 0.4) is 0 Å². The molecule has 1 aromatic rings. The molecule has 1 aliphatic heterocycles. The van der Waals surface area contributed by atoms with Gasteiger partial charge in [0, 0.05) is 31.2 Å². The van der Waals surface area contributed by atoms with Crippen LogP contribution in [0, 0.1) is 5.92 Å². The van der Waals surface area contributed by atoms with E-state index in [1.165, 1.54) is 17.4 Å². The van der Waals surface area contributed by atoms with Gasteiger partial charge in [-0.15, -0.1) is 0 Å². The van der Waals surface area contributed by atoms with Crippen LogP contribution in [0.15, 0.2) is 18.2 Å². The first-order valence-corrected chi connectivity index (χ1v) is 12.4. The molecule has 180 valence electrons. The van der Waals surface area contributed by atoms with Gasteiger partial charge in [0.05, 0.1) is 31.0 Å². The van der Waals surface area contributed by atoms with Gasteiger partial charge in [-0.05, 0) is 39.0 Å². The molecule has 0 bridgehead atoms. The smallest absolute Gasteiger partial charge is 0.319 e.